The van der Waals surface area contributed by atoms with Crippen molar-refractivity contribution in [1.29, 1.82) is 0 Å². The highest BCUT2D eigenvalue weighted by molar-refractivity contribution is 6.99. The quantitative estimate of drug-likeness (QED) is 0.150. The second kappa shape index (κ2) is 17.8. The molecule has 0 spiro atoms. The van der Waals surface area contributed by atoms with Crippen LogP contribution in [0.25, 0.3) is 0 Å². The van der Waals surface area contributed by atoms with Gasteiger partial charge in [-0.25, -0.2) is 4.79 Å². The first-order valence-corrected chi connectivity index (χ1v) is 18.5. The van der Waals surface area contributed by atoms with E-state index in [1.807, 2.05) is 45.1 Å². The van der Waals surface area contributed by atoms with Crippen LogP contribution >= 0.6 is 0 Å². The zero-order valence-corrected chi connectivity index (χ0v) is 29.9. The van der Waals surface area contributed by atoms with E-state index in [0.717, 1.165) is 0 Å². The minimum atomic E-state index is -2.83. The van der Waals surface area contributed by atoms with E-state index in [2.05, 4.69) is 88.1 Å². The van der Waals surface area contributed by atoms with Crippen LogP contribution in [0.3, 0.4) is 0 Å². The average molecular weight is 647 g/mol. The number of carbonyl (C=O) groups excluding carboxylic acids is 1. The van der Waals surface area contributed by atoms with Gasteiger partial charge in [-0.05, 0) is 46.2 Å². The Morgan fingerprint density at radius 2 is 1.57 bits per heavy atom. The number of cyclic esters (lactones) is 1. The van der Waals surface area contributed by atoms with E-state index in [4.69, 9.17) is 18.6 Å². The molecule has 1 aliphatic heterocycles. The topological polar surface area (TPSA) is 74.2 Å². The summed E-state index contributed by atoms with van der Waals surface area (Å²) in [4.78, 5) is 13.2. The Morgan fingerprint density at radius 1 is 0.957 bits per heavy atom. The Labute approximate surface area is 278 Å². The Morgan fingerprint density at radius 3 is 2.11 bits per heavy atom. The molecule has 7 heteroatoms. The van der Waals surface area contributed by atoms with Crippen molar-refractivity contribution < 1.29 is 28.5 Å². The van der Waals surface area contributed by atoms with Crippen LogP contribution in [-0.4, -0.2) is 58.2 Å². The molecule has 0 saturated carbocycles. The van der Waals surface area contributed by atoms with E-state index >= 15 is 0 Å². The third-order valence-electron chi connectivity index (χ3n) is 8.99. The molecule has 0 fully saturated rings. The standard InChI is InChI=1S/C39H54O6Si/c1-9-36-32(27-44-46(39(5,6)7,33-19-12-10-13-20-33)34-21-14-11-15-22-34)18-16-17-23-35(40)30(3)26-31(4)38(43-28-42-8)29(2)24-25-37(41)45-36/h10-16,18-22,24-25,29-32,35-36,38,40H,9,26-28H2,1-8H3/b18-16+,25-24+/t29-,30+,31-,32+,35?,36+,38+/m0/s1. The highest BCUT2D eigenvalue weighted by atomic mass is 28.4. The molecule has 1 unspecified atom stereocenters. The van der Waals surface area contributed by atoms with Crippen molar-refractivity contribution in [1.82, 2.24) is 0 Å². The van der Waals surface area contributed by atoms with Gasteiger partial charge in [-0.15, -0.1) is 0 Å². The molecule has 0 bridgehead atoms. The van der Waals surface area contributed by atoms with E-state index in [1.54, 1.807) is 13.2 Å². The van der Waals surface area contributed by atoms with Gasteiger partial charge in [-0.2, -0.15) is 0 Å². The molecule has 0 aliphatic carbocycles. The number of hydrogen-bond acceptors (Lipinski definition) is 6. The van der Waals surface area contributed by atoms with Gasteiger partial charge in [0, 0.05) is 31.6 Å². The molecule has 46 heavy (non-hydrogen) atoms. The number of aliphatic hydroxyl groups is 1. The van der Waals surface area contributed by atoms with E-state index in [1.165, 1.54) is 16.4 Å². The van der Waals surface area contributed by atoms with Crippen molar-refractivity contribution in [3.05, 3.63) is 85.0 Å². The maximum absolute atomic E-state index is 13.2. The van der Waals surface area contributed by atoms with Gasteiger partial charge in [0.1, 0.15) is 19.0 Å². The lowest BCUT2D eigenvalue weighted by atomic mass is 9.84. The number of hydrogen-bond donors (Lipinski definition) is 1. The number of methoxy groups -OCH3 is 1. The Kier molecular flexibility index (Phi) is 14.5. The van der Waals surface area contributed by atoms with Crippen LogP contribution < -0.4 is 10.4 Å². The van der Waals surface area contributed by atoms with Gasteiger partial charge < -0.3 is 23.7 Å². The first-order valence-electron chi connectivity index (χ1n) is 16.5. The second-order valence-corrected chi connectivity index (χ2v) is 17.9. The Bertz CT molecular complexity index is 1280. The number of aliphatic hydroxyl groups excluding tert-OH is 1. The Balaban J connectivity index is 2.03. The number of rotatable bonds is 9. The van der Waals surface area contributed by atoms with Crippen molar-refractivity contribution in [2.24, 2.45) is 23.7 Å². The van der Waals surface area contributed by atoms with Crippen LogP contribution in [-0.2, 0) is 23.4 Å². The van der Waals surface area contributed by atoms with Gasteiger partial charge >= 0.3 is 5.97 Å². The fraction of sp³-hybridized carbons (Fsp3) is 0.513. The zero-order valence-electron chi connectivity index (χ0n) is 28.9. The van der Waals surface area contributed by atoms with Crippen molar-refractivity contribution in [2.75, 3.05) is 20.5 Å². The van der Waals surface area contributed by atoms with Crippen LogP contribution in [0.15, 0.2) is 85.0 Å². The molecule has 0 saturated heterocycles. The van der Waals surface area contributed by atoms with Gasteiger partial charge in [-0.1, -0.05) is 133 Å². The maximum Gasteiger partial charge on any atom is 0.330 e. The normalized spacial score (nSPS) is 28.0. The molecule has 0 aromatic heterocycles. The molecule has 2 aromatic carbocycles. The maximum atomic E-state index is 13.2. The number of ether oxygens (including phenoxy) is 3. The van der Waals surface area contributed by atoms with Gasteiger partial charge in [0.15, 0.2) is 0 Å². The lowest BCUT2D eigenvalue weighted by Gasteiger charge is -2.44. The van der Waals surface area contributed by atoms with Gasteiger partial charge in [-0.3, -0.25) is 0 Å². The number of esters is 1. The highest BCUT2D eigenvalue weighted by Gasteiger charge is 2.50. The molecule has 6 nitrogen and oxygen atoms in total. The molecular weight excluding hydrogens is 593 g/mol. The third-order valence-corrected chi connectivity index (χ3v) is 14.0. The van der Waals surface area contributed by atoms with Crippen molar-refractivity contribution >= 4 is 24.7 Å². The molecule has 7 atom stereocenters. The number of allylic oxidation sites excluding steroid dienone is 1. The van der Waals surface area contributed by atoms with Gasteiger partial charge in [0.2, 0.25) is 0 Å². The highest BCUT2D eigenvalue weighted by Crippen LogP contribution is 2.37. The Hall–Kier alpha value is -2.99. The lowest BCUT2D eigenvalue weighted by Crippen LogP contribution is -2.67. The summed E-state index contributed by atoms with van der Waals surface area (Å²) in [6.45, 7) is 15.3. The van der Waals surface area contributed by atoms with Gasteiger partial charge in [0.25, 0.3) is 8.32 Å². The number of benzene rings is 2. The minimum absolute atomic E-state index is 0.0729. The predicted octanol–water partition coefficient (Wildman–Crippen LogP) is 6.28. The molecule has 250 valence electrons. The zero-order chi connectivity index (χ0) is 33.7. The summed E-state index contributed by atoms with van der Waals surface area (Å²) in [5.74, 6) is 5.34. The van der Waals surface area contributed by atoms with E-state index in [9.17, 15) is 9.90 Å². The van der Waals surface area contributed by atoms with Gasteiger partial charge in [0.05, 0.1) is 6.10 Å². The van der Waals surface area contributed by atoms with Crippen molar-refractivity contribution in [2.45, 2.75) is 84.7 Å². The molecular formula is C39H54O6Si. The lowest BCUT2D eigenvalue weighted by molar-refractivity contribution is -0.145. The van der Waals surface area contributed by atoms with Crippen LogP contribution in [0.1, 0.15) is 61.3 Å². The molecule has 2 aromatic rings. The summed E-state index contributed by atoms with van der Waals surface area (Å²) in [6.07, 6.45) is 6.94. The summed E-state index contributed by atoms with van der Waals surface area (Å²) >= 11 is 0. The van der Waals surface area contributed by atoms with Crippen LogP contribution in [0.2, 0.25) is 5.04 Å². The van der Waals surface area contributed by atoms with Crippen LogP contribution in [0, 0.1) is 35.5 Å². The average Bonchev–Trinajstić information content (AvgIpc) is 3.03. The molecule has 0 amide bonds. The van der Waals surface area contributed by atoms with Crippen molar-refractivity contribution in [3.63, 3.8) is 0 Å². The molecule has 1 heterocycles. The molecule has 0 radical (unpaired) electrons. The van der Waals surface area contributed by atoms with E-state index < -0.39 is 26.5 Å². The van der Waals surface area contributed by atoms with Crippen LogP contribution in [0.5, 0.6) is 0 Å². The molecule has 1 N–H and O–H groups in total. The summed E-state index contributed by atoms with van der Waals surface area (Å²) in [6, 6.07) is 21.0. The first-order chi connectivity index (χ1) is 21.9. The monoisotopic (exact) mass is 646 g/mol. The van der Waals surface area contributed by atoms with Crippen molar-refractivity contribution in [3.8, 4) is 11.8 Å². The summed E-state index contributed by atoms with van der Waals surface area (Å²) in [5.41, 5.74) is 0. The van der Waals surface area contributed by atoms with E-state index in [-0.39, 0.29) is 41.6 Å². The fourth-order valence-corrected chi connectivity index (χ4v) is 11.1. The molecule has 1 aliphatic rings. The van der Waals surface area contributed by atoms with E-state index in [0.29, 0.717) is 19.4 Å². The second-order valence-electron chi connectivity index (χ2n) is 13.6. The first kappa shape index (κ1) is 37.5. The smallest absolute Gasteiger partial charge is 0.330 e. The summed E-state index contributed by atoms with van der Waals surface area (Å²) in [7, 11) is -1.24. The summed E-state index contributed by atoms with van der Waals surface area (Å²) in [5, 5.41) is 13.1. The summed E-state index contributed by atoms with van der Waals surface area (Å²) < 4.78 is 24.6. The minimum Gasteiger partial charge on any atom is -0.459 e. The third kappa shape index (κ3) is 9.76. The largest absolute Gasteiger partial charge is 0.459 e. The predicted molar refractivity (Wildman–Crippen MR) is 188 cm³/mol. The SMILES string of the molecule is CC[C@H]1OC(=O)/C=C/[C@H](C)[C@@H](OCOC)[C@@H](C)C[C@@H](C)C(O)C#C/C=C/[C@@H]1CO[Si](c1ccccc1)(c1ccccc1)C(C)(C)C. The molecule has 3 rings (SSSR count). The van der Waals surface area contributed by atoms with Crippen LogP contribution in [0.4, 0.5) is 0 Å². The number of carbonyl (C=O) groups is 1. The fourth-order valence-electron chi connectivity index (χ4n) is 6.55.